The van der Waals surface area contributed by atoms with Crippen LogP contribution in [0.5, 0.6) is 0 Å². The number of benzene rings is 2. The smallest absolute Gasteiger partial charge is 0.356 e. The SMILES string of the molecule is C.C.CCOC(=O)c1c(Cl)c(S(=O)(=O)C[Si](c2ccccc2)(c2ccccc2)C(C)(C)C)cn1C.CCOC(=O)c1c(Cl)c(S(N)(=O)=O)cn1C. The van der Waals surface area contributed by atoms with Crippen molar-refractivity contribution in [1.82, 2.24) is 9.13 Å². The fraction of sp³-hybridized carbons (Fsp3) is 0.371. The molecule has 0 bridgehead atoms. The molecule has 0 saturated carbocycles. The molecule has 2 aromatic heterocycles. The molecule has 11 nitrogen and oxygen atoms in total. The van der Waals surface area contributed by atoms with Gasteiger partial charge in [0.15, 0.2) is 9.84 Å². The van der Waals surface area contributed by atoms with Crippen molar-refractivity contribution < 1.29 is 35.9 Å². The van der Waals surface area contributed by atoms with Crippen LogP contribution in [0.3, 0.4) is 0 Å². The highest BCUT2D eigenvalue weighted by Crippen LogP contribution is 2.39. The number of hydrogen-bond donors (Lipinski definition) is 1. The number of nitrogens with zero attached hydrogens (tertiary/aromatic N) is 2. The van der Waals surface area contributed by atoms with Crippen LogP contribution in [0, 0.1) is 0 Å². The van der Waals surface area contributed by atoms with Crippen molar-refractivity contribution >= 4 is 73.4 Å². The highest BCUT2D eigenvalue weighted by atomic mass is 35.5. The minimum Gasteiger partial charge on any atom is -0.461 e. The lowest BCUT2D eigenvalue weighted by Gasteiger charge is -2.43. The standard InChI is InChI=1S/C25H30ClNO4SSi.C8H11ClN2O4S.2CH4/c1-6-31-24(28)23-22(26)21(17-27(23)5)32(29,30)18-33(25(2,3)4,19-13-9-7-10-14-19)20-15-11-8-12-16-20;1-3-15-8(12)7-6(9)5(4-11(7)2)16(10,13)14;;/h7-17H,6,18H2,1-5H3;4H,3H2,1-2H3,(H2,10,13,14);2*1H4. The van der Waals surface area contributed by atoms with E-state index in [9.17, 15) is 26.4 Å². The van der Waals surface area contributed by atoms with Gasteiger partial charge in [-0.3, -0.25) is 0 Å². The van der Waals surface area contributed by atoms with E-state index >= 15 is 0 Å². The summed E-state index contributed by atoms with van der Waals surface area (Å²) in [5.74, 6) is -1.33. The molecule has 0 spiro atoms. The minimum atomic E-state index is -3.94. The van der Waals surface area contributed by atoms with E-state index in [-0.39, 0.29) is 69.7 Å². The molecule has 0 aliphatic heterocycles. The van der Waals surface area contributed by atoms with Gasteiger partial charge in [0, 0.05) is 26.5 Å². The van der Waals surface area contributed by atoms with Gasteiger partial charge in [0.25, 0.3) is 0 Å². The Morgan fingerprint density at radius 1 is 0.725 bits per heavy atom. The first-order chi connectivity index (χ1) is 22.7. The first-order valence-corrected chi connectivity index (χ1v) is 21.3. The zero-order valence-electron chi connectivity index (χ0n) is 28.4. The van der Waals surface area contributed by atoms with Gasteiger partial charge in [-0.15, -0.1) is 0 Å². The molecule has 0 radical (unpaired) electrons. The van der Waals surface area contributed by atoms with Crippen LogP contribution in [0.15, 0.2) is 82.8 Å². The molecule has 51 heavy (non-hydrogen) atoms. The quantitative estimate of drug-likeness (QED) is 0.151. The van der Waals surface area contributed by atoms with Crippen LogP contribution in [0.25, 0.3) is 0 Å². The molecule has 0 amide bonds. The van der Waals surface area contributed by atoms with Crippen molar-refractivity contribution in [3.8, 4) is 0 Å². The summed E-state index contributed by atoms with van der Waals surface area (Å²) in [4.78, 5) is 23.5. The number of carbonyl (C=O) groups is 2. The van der Waals surface area contributed by atoms with Crippen LogP contribution in [-0.2, 0) is 43.4 Å². The number of sulfone groups is 1. The molecule has 4 rings (SSSR count). The van der Waals surface area contributed by atoms with E-state index in [1.807, 2.05) is 60.7 Å². The van der Waals surface area contributed by atoms with Crippen molar-refractivity contribution in [3.63, 3.8) is 0 Å². The Kier molecular flexibility index (Phi) is 16.0. The Bertz CT molecular complexity index is 1990. The van der Waals surface area contributed by atoms with Crippen LogP contribution in [-0.4, -0.2) is 64.6 Å². The molecule has 0 atom stereocenters. The number of rotatable bonds is 10. The van der Waals surface area contributed by atoms with Crippen molar-refractivity contribution in [2.24, 2.45) is 19.2 Å². The van der Waals surface area contributed by atoms with Gasteiger partial charge in [-0.1, -0.05) is 130 Å². The number of aromatic nitrogens is 2. The molecule has 0 fully saturated rings. The minimum absolute atomic E-state index is 0. The summed E-state index contributed by atoms with van der Waals surface area (Å²) in [5, 5.41) is 6.27. The summed E-state index contributed by atoms with van der Waals surface area (Å²) in [5.41, 5.74) is 0.00656. The third kappa shape index (κ3) is 9.73. The Morgan fingerprint density at radius 2 is 1.08 bits per heavy atom. The van der Waals surface area contributed by atoms with E-state index in [0.29, 0.717) is 0 Å². The second kappa shape index (κ2) is 17.9. The van der Waals surface area contributed by atoms with Gasteiger partial charge in [-0.2, -0.15) is 0 Å². The largest absolute Gasteiger partial charge is 0.461 e. The first kappa shape index (κ1) is 45.6. The van der Waals surface area contributed by atoms with Gasteiger partial charge in [-0.05, 0) is 18.9 Å². The average Bonchev–Trinajstić information content (AvgIpc) is 3.50. The number of hydrogen-bond acceptors (Lipinski definition) is 8. The molecular formula is C35H49Cl2N3O8S2Si. The maximum absolute atomic E-state index is 14.0. The van der Waals surface area contributed by atoms with E-state index in [0.717, 1.165) is 10.4 Å². The van der Waals surface area contributed by atoms with Crippen molar-refractivity contribution in [3.05, 3.63) is 94.5 Å². The van der Waals surface area contributed by atoms with Crippen LogP contribution in [0.1, 0.15) is 70.4 Å². The maximum atomic E-state index is 14.0. The van der Waals surface area contributed by atoms with Gasteiger partial charge in [0.2, 0.25) is 10.0 Å². The van der Waals surface area contributed by atoms with E-state index in [2.05, 4.69) is 20.8 Å². The number of esters is 2. The second-order valence-corrected chi connectivity index (χ2v) is 21.7. The fourth-order valence-electron chi connectivity index (χ4n) is 5.64. The fourth-order valence-corrected chi connectivity index (χ4v) is 17.7. The summed E-state index contributed by atoms with van der Waals surface area (Å²) < 4.78 is 62.7. The Labute approximate surface area is 313 Å². The van der Waals surface area contributed by atoms with E-state index in [1.54, 1.807) is 20.9 Å². The average molecular weight is 803 g/mol. The predicted molar refractivity (Wildman–Crippen MR) is 207 cm³/mol. The lowest BCUT2D eigenvalue weighted by molar-refractivity contribution is 0.0506. The highest BCUT2D eigenvalue weighted by molar-refractivity contribution is 7.93. The molecule has 0 saturated heterocycles. The summed E-state index contributed by atoms with van der Waals surface area (Å²) in [6.45, 7) is 9.97. The van der Waals surface area contributed by atoms with E-state index < -0.39 is 39.9 Å². The van der Waals surface area contributed by atoms with Gasteiger partial charge >= 0.3 is 11.9 Å². The number of carbonyl (C=O) groups excluding carboxylic acids is 2. The summed E-state index contributed by atoms with van der Waals surface area (Å²) in [7, 11) is -7.66. The number of nitrogens with two attached hydrogens (primary N) is 1. The molecule has 0 aliphatic rings. The zero-order valence-corrected chi connectivity index (χ0v) is 32.5. The maximum Gasteiger partial charge on any atom is 0.356 e. The molecule has 0 unspecified atom stereocenters. The van der Waals surface area contributed by atoms with Crippen LogP contribution >= 0.6 is 23.2 Å². The number of primary sulfonamides is 1. The molecule has 2 aromatic carbocycles. The summed E-state index contributed by atoms with van der Waals surface area (Å²) in [6, 6.07) is 19.8. The number of aryl methyl sites for hydroxylation is 2. The lowest BCUT2D eigenvalue weighted by Crippen LogP contribution is -2.68. The highest BCUT2D eigenvalue weighted by Gasteiger charge is 2.51. The molecular weight excluding hydrogens is 754 g/mol. The van der Waals surface area contributed by atoms with Crippen molar-refractivity contribution in [1.29, 1.82) is 0 Å². The van der Waals surface area contributed by atoms with Gasteiger partial charge in [0.05, 0.1) is 28.6 Å². The second-order valence-electron chi connectivity index (χ2n) is 12.2. The van der Waals surface area contributed by atoms with Crippen molar-refractivity contribution in [2.45, 2.75) is 64.3 Å². The first-order valence-electron chi connectivity index (χ1n) is 15.1. The Morgan fingerprint density at radius 3 is 1.39 bits per heavy atom. The van der Waals surface area contributed by atoms with Crippen LogP contribution in [0.4, 0.5) is 0 Å². The van der Waals surface area contributed by atoms with Gasteiger partial charge in [-0.25, -0.2) is 31.6 Å². The topological polar surface area (TPSA) is 157 Å². The lowest BCUT2D eigenvalue weighted by atomic mass is 10.2. The van der Waals surface area contributed by atoms with Crippen LogP contribution < -0.4 is 15.5 Å². The van der Waals surface area contributed by atoms with E-state index in [1.165, 1.54) is 28.6 Å². The van der Waals surface area contributed by atoms with Gasteiger partial charge in [0.1, 0.15) is 29.3 Å². The third-order valence-corrected chi connectivity index (χ3v) is 19.3. The molecule has 4 aromatic rings. The monoisotopic (exact) mass is 801 g/mol. The predicted octanol–water partition coefficient (Wildman–Crippen LogP) is 6.01. The number of ether oxygens (including phenoxy) is 2. The summed E-state index contributed by atoms with van der Waals surface area (Å²) >= 11 is 12.3. The van der Waals surface area contributed by atoms with E-state index in [4.69, 9.17) is 37.8 Å². The molecule has 2 heterocycles. The Hall–Kier alpha value is -3.40. The van der Waals surface area contributed by atoms with Gasteiger partial charge < -0.3 is 18.6 Å². The number of sulfonamides is 1. The zero-order chi connectivity index (χ0) is 36.9. The molecule has 2 N–H and O–H groups in total. The molecule has 16 heteroatoms. The van der Waals surface area contributed by atoms with Crippen molar-refractivity contribution in [2.75, 3.05) is 18.6 Å². The molecule has 0 aliphatic carbocycles. The molecule has 282 valence electrons. The number of halogens is 2. The summed E-state index contributed by atoms with van der Waals surface area (Å²) in [6.07, 6.45) is 2.59. The normalized spacial score (nSPS) is 11.7. The third-order valence-electron chi connectivity index (χ3n) is 7.97. The van der Waals surface area contributed by atoms with Crippen LogP contribution in [0.2, 0.25) is 15.1 Å². The Balaban J connectivity index is 0.000000612.